The summed E-state index contributed by atoms with van der Waals surface area (Å²) in [5.74, 6) is 0.461. The molecule has 4 nitrogen and oxygen atoms in total. The molecule has 0 saturated heterocycles. The maximum Gasteiger partial charge on any atom is 0.214 e. The van der Waals surface area contributed by atoms with Crippen LogP contribution < -0.4 is 5.14 Å². The average Bonchev–Trinajstić information content (AvgIpc) is 2.32. The molecule has 1 aromatic heterocycles. The van der Waals surface area contributed by atoms with Crippen molar-refractivity contribution in [2.75, 3.05) is 0 Å². The standard InChI is InChI=1S/C10H18N2O2S/c1-8(2)6-9-4-5-10(12(9)3)7-15(11,13)14/h4-5,8H,6-7H2,1-3H3,(H2,11,13,14). The summed E-state index contributed by atoms with van der Waals surface area (Å²) >= 11 is 0. The van der Waals surface area contributed by atoms with Gasteiger partial charge in [0.15, 0.2) is 0 Å². The molecule has 0 fully saturated rings. The maximum atomic E-state index is 10.9. The Balaban J connectivity index is 2.89. The van der Waals surface area contributed by atoms with Crippen LogP contribution >= 0.6 is 0 Å². The normalized spacial score (nSPS) is 12.3. The Labute approximate surface area is 91.1 Å². The van der Waals surface area contributed by atoms with Gasteiger partial charge in [-0.3, -0.25) is 0 Å². The number of hydrogen-bond acceptors (Lipinski definition) is 2. The van der Waals surface area contributed by atoms with Crippen molar-refractivity contribution in [2.24, 2.45) is 18.1 Å². The Morgan fingerprint density at radius 1 is 1.33 bits per heavy atom. The fraction of sp³-hybridized carbons (Fsp3) is 0.600. The van der Waals surface area contributed by atoms with Crippen molar-refractivity contribution in [1.82, 2.24) is 4.57 Å². The van der Waals surface area contributed by atoms with E-state index in [-0.39, 0.29) is 5.75 Å². The Kier molecular flexibility index (Phi) is 3.57. The van der Waals surface area contributed by atoms with Gasteiger partial charge in [0.1, 0.15) is 5.75 Å². The highest BCUT2D eigenvalue weighted by Gasteiger charge is 2.11. The summed E-state index contributed by atoms with van der Waals surface area (Å²) in [6.45, 7) is 4.26. The van der Waals surface area contributed by atoms with E-state index in [9.17, 15) is 8.42 Å². The molecule has 15 heavy (non-hydrogen) atoms. The first-order valence-corrected chi connectivity index (χ1v) is 6.65. The molecule has 0 amide bonds. The second kappa shape index (κ2) is 4.37. The average molecular weight is 230 g/mol. The van der Waals surface area contributed by atoms with Crippen LogP contribution in [0.25, 0.3) is 0 Å². The minimum atomic E-state index is -3.44. The van der Waals surface area contributed by atoms with Gasteiger partial charge in [-0.1, -0.05) is 13.8 Å². The van der Waals surface area contributed by atoms with E-state index in [1.54, 1.807) is 0 Å². The van der Waals surface area contributed by atoms with Crippen molar-refractivity contribution >= 4 is 10.0 Å². The molecule has 0 atom stereocenters. The summed E-state index contributed by atoms with van der Waals surface area (Å²) in [6.07, 6.45) is 0.946. The van der Waals surface area contributed by atoms with E-state index in [4.69, 9.17) is 5.14 Å². The first-order valence-electron chi connectivity index (χ1n) is 4.93. The van der Waals surface area contributed by atoms with Crippen molar-refractivity contribution < 1.29 is 8.42 Å². The number of aromatic nitrogens is 1. The smallest absolute Gasteiger partial charge is 0.214 e. The third kappa shape index (κ3) is 3.68. The van der Waals surface area contributed by atoms with Crippen LogP contribution in [0.4, 0.5) is 0 Å². The molecular weight excluding hydrogens is 212 g/mol. The van der Waals surface area contributed by atoms with Crippen LogP contribution in [0.15, 0.2) is 12.1 Å². The van der Waals surface area contributed by atoms with Crippen LogP contribution in [0.5, 0.6) is 0 Å². The van der Waals surface area contributed by atoms with Gasteiger partial charge < -0.3 is 4.57 Å². The number of nitrogens with zero attached hydrogens (tertiary/aromatic N) is 1. The van der Waals surface area contributed by atoms with Crippen LogP contribution in [0.1, 0.15) is 25.2 Å². The van der Waals surface area contributed by atoms with Crippen molar-refractivity contribution in [3.8, 4) is 0 Å². The van der Waals surface area contributed by atoms with Gasteiger partial charge in [0, 0.05) is 18.4 Å². The summed E-state index contributed by atoms with van der Waals surface area (Å²) in [6, 6.07) is 3.78. The molecule has 0 aliphatic rings. The molecule has 0 radical (unpaired) electrons. The second-order valence-corrected chi connectivity index (χ2v) is 5.89. The van der Waals surface area contributed by atoms with Crippen LogP contribution in [0.3, 0.4) is 0 Å². The Hall–Kier alpha value is -0.810. The highest BCUT2D eigenvalue weighted by molar-refractivity contribution is 7.88. The molecule has 0 unspecified atom stereocenters. The van der Waals surface area contributed by atoms with E-state index in [1.807, 2.05) is 23.7 Å². The zero-order valence-electron chi connectivity index (χ0n) is 9.40. The number of rotatable bonds is 4. The molecule has 0 bridgehead atoms. The van der Waals surface area contributed by atoms with Crippen molar-refractivity contribution in [2.45, 2.75) is 26.0 Å². The number of primary sulfonamides is 1. The molecule has 86 valence electrons. The lowest BCUT2D eigenvalue weighted by Gasteiger charge is -2.08. The van der Waals surface area contributed by atoms with Crippen LogP contribution in [0.2, 0.25) is 0 Å². The van der Waals surface area contributed by atoms with Crippen LogP contribution in [-0.4, -0.2) is 13.0 Å². The first-order chi connectivity index (χ1) is 6.79. The van der Waals surface area contributed by atoms with Crippen molar-refractivity contribution in [3.05, 3.63) is 23.5 Å². The third-order valence-corrected chi connectivity index (χ3v) is 2.99. The maximum absolute atomic E-state index is 10.9. The lowest BCUT2D eigenvalue weighted by atomic mass is 10.1. The number of hydrogen-bond donors (Lipinski definition) is 1. The fourth-order valence-corrected chi connectivity index (χ4v) is 2.28. The Morgan fingerprint density at radius 2 is 1.87 bits per heavy atom. The van der Waals surface area contributed by atoms with Gasteiger partial charge in [0.05, 0.1) is 0 Å². The SMILES string of the molecule is CC(C)Cc1ccc(CS(N)(=O)=O)n1C. The monoisotopic (exact) mass is 230 g/mol. The zero-order chi connectivity index (χ0) is 11.6. The molecule has 0 aliphatic heterocycles. The lowest BCUT2D eigenvalue weighted by molar-refractivity contribution is 0.592. The first kappa shape index (κ1) is 12.3. The summed E-state index contributed by atoms with van der Waals surface area (Å²) in [4.78, 5) is 0. The van der Waals surface area contributed by atoms with E-state index in [1.165, 1.54) is 0 Å². The van der Waals surface area contributed by atoms with Gasteiger partial charge in [0.25, 0.3) is 0 Å². The van der Waals surface area contributed by atoms with E-state index >= 15 is 0 Å². The summed E-state index contributed by atoms with van der Waals surface area (Å²) in [5, 5.41) is 5.01. The van der Waals surface area contributed by atoms with Crippen molar-refractivity contribution in [3.63, 3.8) is 0 Å². The van der Waals surface area contributed by atoms with Gasteiger partial charge in [0.2, 0.25) is 10.0 Å². The quantitative estimate of drug-likeness (QED) is 0.839. The fourth-order valence-electron chi connectivity index (χ4n) is 1.57. The zero-order valence-corrected chi connectivity index (χ0v) is 10.2. The topological polar surface area (TPSA) is 65.1 Å². The molecule has 1 aromatic rings. The second-order valence-electron chi connectivity index (χ2n) is 4.28. The molecular formula is C10H18N2O2S. The van der Waals surface area contributed by atoms with E-state index in [0.717, 1.165) is 17.8 Å². The van der Waals surface area contributed by atoms with E-state index in [0.29, 0.717) is 5.92 Å². The van der Waals surface area contributed by atoms with Gasteiger partial charge >= 0.3 is 0 Å². The number of sulfonamides is 1. The molecule has 0 spiro atoms. The molecule has 5 heteroatoms. The minimum Gasteiger partial charge on any atom is -0.351 e. The summed E-state index contributed by atoms with van der Waals surface area (Å²) in [7, 11) is -1.56. The molecule has 2 N–H and O–H groups in total. The van der Waals surface area contributed by atoms with Crippen molar-refractivity contribution in [1.29, 1.82) is 0 Å². The predicted octanol–water partition coefficient (Wildman–Crippen LogP) is 1.01. The summed E-state index contributed by atoms with van der Waals surface area (Å²) in [5.41, 5.74) is 1.89. The molecule has 0 saturated carbocycles. The summed E-state index contributed by atoms with van der Waals surface area (Å²) < 4.78 is 23.8. The van der Waals surface area contributed by atoms with Crippen LogP contribution in [-0.2, 0) is 29.2 Å². The van der Waals surface area contributed by atoms with Crippen LogP contribution in [0, 0.1) is 5.92 Å². The molecule has 0 aromatic carbocycles. The van der Waals surface area contributed by atoms with E-state index < -0.39 is 10.0 Å². The largest absolute Gasteiger partial charge is 0.351 e. The van der Waals surface area contributed by atoms with Gasteiger partial charge in [-0.05, 0) is 24.5 Å². The molecule has 1 heterocycles. The molecule has 1 rings (SSSR count). The van der Waals surface area contributed by atoms with Gasteiger partial charge in [-0.2, -0.15) is 0 Å². The number of nitrogens with two attached hydrogens (primary N) is 1. The third-order valence-electron chi connectivity index (χ3n) is 2.30. The highest BCUT2D eigenvalue weighted by Crippen LogP contribution is 2.13. The Bertz CT molecular complexity index is 432. The minimum absolute atomic E-state index is 0.0956. The predicted molar refractivity (Wildman–Crippen MR) is 60.8 cm³/mol. The molecule has 0 aliphatic carbocycles. The highest BCUT2D eigenvalue weighted by atomic mass is 32.2. The lowest BCUT2D eigenvalue weighted by Crippen LogP contribution is -2.17. The van der Waals surface area contributed by atoms with Gasteiger partial charge in [-0.15, -0.1) is 0 Å². The van der Waals surface area contributed by atoms with Gasteiger partial charge in [-0.25, -0.2) is 13.6 Å². The van der Waals surface area contributed by atoms with E-state index in [2.05, 4.69) is 13.8 Å². The Morgan fingerprint density at radius 3 is 2.33 bits per heavy atom.